The zero-order valence-corrected chi connectivity index (χ0v) is 13.1. The second kappa shape index (κ2) is 7.41. The van der Waals surface area contributed by atoms with Crippen LogP contribution in [0.2, 0.25) is 0 Å². The van der Waals surface area contributed by atoms with Gasteiger partial charge in [-0.15, -0.1) is 0 Å². The van der Waals surface area contributed by atoms with Gasteiger partial charge in [-0.05, 0) is 59.5 Å². The summed E-state index contributed by atoms with van der Waals surface area (Å²) in [6, 6.07) is 10.4. The molecular formula is C16H19BrN2O. The predicted molar refractivity (Wildman–Crippen MR) is 84.7 cm³/mol. The average Bonchev–Trinajstić information content (AvgIpc) is 2.44. The Kier molecular flexibility index (Phi) is 5.56. The summed E-state index contributed by atoms with van der Waals surface area (Å²) in [5.74, 6) is 0.870. The summed E-state index contributed by atoms with van der Waals surface area (Å²) in [5, 5.41) is 0. The van der Waals surface area contributed by atoms with Crippen molar-refractivity contribution in [2.75, 3.05) is 0 Å². The van der Waals surface area contributed by atoms with Crippen molar-refractivity contribution in [3.63, 3.8) is 0 Å². The molecule has 0 saturated heterocycles. The Morgan fingerprint density at radius 2 is 1.95 bits per heavy atom. The Hall–Kier alpha value is -1.39. The van der Waals surface area contributed by atoms with E-state index in [1.54, 1.807) is 6.20 Å². The van der Waals surface area contributed by atoms with Gasteiger partial charge in [-0.3, -0.25) is 4.98 Å². The number of hydrogen-bond donors (Lipinski definition) is 1. The lowest BCUT2D eigenvalue weighted by atomic mass is 10.1. The second-order valence-electron chi connectivity index (χ2n) is 4.96. The molecule has 2 aromatic rings. The number of aromatic nitrogens is 1. The molecule has 2 rings (SSSR count). The van der Waals surface area contributed by atoms with Gasteiger partial charge < -0.3 is 10.5 Å². The van der Waals surface area contributed by atoms with Crippen molar-refractivity contribution in [1.82, 2.24) is 4.98 Å². The number of halogens is 1. The molecule has 1 unspecified atom stereocenters. The van der Waals surface area contributed by atoms with Crippen molar-refractivity contribution < 1.29 is 4.74 Å². The number of aryl methyl sites for hydroxylation is 1. The van der Waals surface area contributed by atoms with Gasteiger partial charge in [0.2, 0.25) is 0 Å². The summed E-state index contributed by atoms with van der Waals surface area (Å²) in [6.45, 7) is 2.55. The molecule has 1 heterocycles. The molecule has 0 spiro atoms. The first-order chi connectivity index (χ1) is 9.63. The predicted octanol–water partition coefficient (Wildman–Crippen LogP) is 3.70. The topological polar surface area (TPSA) is 48.1 Å². The van der Waals surface area contributed by atoms with Crippen LogP contribution >= 0.6 is 15.9 Å². The summed E-state index contributed by atoms with van der Waals surface area (Å²) in [6.07, 6.45) is 5.58. The third kappa shape index (κ3) is 4.94. The zero-order valence-electron chi connectivity index (χ0n) is 11.6. The molecule has 0 aliphatic rings. The molecule has 0 aliphatic heterocycles. The molecule has 0 saturated carbocycles. The maximum Gasteiger partial charge on any atom is 0.119 e. The molecule has 0 aliphatic carbocycles. The first-order valence-electron chi connectivity index (χ1n) is 6.70. The van der Waals surface area contributed by atoms with Crippen LogP contribution < -0.4 is 10.5 Å². The van der Waals surface area contributed by atoms with Gasteiger partial charge >= 0.3 is 0 Å². The van der Waals surface area contributed by atoms with Crippen LogP contribution in [0.5, 0.6) is 5.75 Å². The number of benzene rings is 1. The van der Waals surface area contributed by atoms with E-state index in [4.69, 9.17) is 10.5 Å². The highest BCUT2D eigenvalue weighted by atomic mass is 79.9. The van der Waals surface area contributed by atoms with Gasteiger partial charge in [0, 0.05) is 28.5 Å². The van der Waals surface area contributed by atoms with Gasteiger partial charge in [0.15, 0.2) is 0 Å². The average molecular weight is 335 g/mol. The number of rotatable bonds is 6. The fraction of sp³-hybridized carbons (Fsp3) is 0.312. The lowest BCUT2D eigenvalue weighted by molar-refractivity contribution is 0.305. The van der Waals surface area contributed by atoms with Crippen LogP contribution in [0.25, 0.3) is 0 Å². The van der Waals surface area contributed by atoms with Crippen LogP contribution in [0.1, 0.15) is 24.5 Å². The van der Waals surface area contributed by atoms with Crippen LogP contribution in [0.3, 0.4) is 0 Å². The Labute approximate surface area is 128 Å². The number of hydrogen-bond acceptors (Lipinski definition) is 3. The summed E-state index contributed by atoms with van der Waals surface area (Å²) in [4.78, 5) is 4.11. The highest BCUT2D eigenvalue weighted by molar-refractivity contribution is 9.10. The van der Waals surface area contributed by atoms with Gasteiger partial charge in [0.05, 0.1) is 0 Å². The van der Waals surface area contributed by atoms with E-state index in [-0.39, 0.29) is 6.04 Å². The van der Waals surface area contributed by atoms with Crippen molar-refractivity contribution >= 4 is 15.9 Å². The standard InChI is InChI=1S/C16H19BrN2O/c1-12(18)2-3-13-4-6-16(7-5-13)20-11-14-8-15(17)10-19-9-14/h4-10,12H,2-3,11,18H2,1H3. The van der Waals surface area contributed by atoms with Crippen molar-refractivity contribution in [1.29, 1.82) is 0 Å². The van der Waals surface area contributed by atoms with E-state index in [9.17, 15) is 0 Å². The monoisotopic (exact) mass is 334 g/mol. The molecular weight excluding hydrogens is 316 g/mol. The highest BCUT2D eigenvalue weighted by Crippen LogP contribution is 2.16. The van der Waals surface area contributed by atoms with E-state index in [0.29, 0.717) is 6.61 Å². The van der Waals surface area contributed by atoms with Gasteiger partial charge in [-0.25, -0.2) is 0 Å². The van der Waals surface area contributed by atoms with E-state index >= 15 is 0 Å². The molecule has 20 heavy (non-hydrogen) atoms. The van der Waals surface area contributed by atoms with E-state index in [0.717, 1.165) is 28.6 Å². The number of pyridine rings is 1. The summed E-state index contributed by atoms with van der Waals surface area (Å²) in [7, 11) is 0. The first kappa shape index (κ1) is 15.0. The third-order valence-corrected chi connectivity index (χ3v) is 3.41. The molecule has 106 valence electrons. The minimum absolute atomic E-state index is 0.245. The normalized spacial score (nSPS) is 12.2. The molecule has 1 aromatic carbocycles. The molecule has 0 bridgehead atoms. The Morgan fingerprint density at radius 3 is 2.60 bits per heavy atom. The molecule has 0 radical (unpaired) electrons. The van der Waals surface area contributed by atoms with Crippen LogP contribution in [0.4, 0.5) is 0 Å². The smallest absolute Gasteiger partial charge is 0.119 e. The lowest BCUT2D eigenvalue weighted by Gasteiger charge is -2.08. The molecule has 1 aromatic heterocycles. The van der Waals surface area contributed by atoms with Crippen molar-refractivity contribution in [3.05, 3.63) is 58.3 Å². The van der Waals surface area contributed by atoms with Crippen molar-refractivity contribution in [2.45, 2.75) is 32.4 Å². The van der Waals surface area contributed by atoms with Crippen LogP contribution in [0.15, 0.2) is 47.2 Å². The first-order valence-corrected chi connectivity index (χ1v) is 7.49. The Bertz CT molecular complexity index is 540. The van der Waals surface area contributed by atoms with E-state index in [1.807, 2.05) is 31.3 Å². The molecule has 0 amide bonds. The fourth-order valence-corrected chi connectivity index (χ4v) is 2.26. The van der Waals surface area contributed by atoms with Gasteiger partial charge in [0.1, 0.15) is 12.4 Å². The Morgan fingerprint density at radius 1 is 1.20 bits per heavy atom. The Balaban J connectivity index is 1.87. The molecule has 1 atom stereocenters. The molecule has 2 N–H and O–H groups in total. The third-order valence-electron chi connectivity index (χ3n) is 2.98. The zero-order chi connectivity index (χ0) is 14.4. The second-order valence-corrected chi connectivity index (χ2v) is 5.88. The van der Waals surface area contributed by atoms with Gasteiger partial charge in [-0.1, -0.05) is 12.1 Å². The fourth-order valence-electron chi connectivity index (χ4n) is 1.85. The summed E-state index contributed by atoms with van der Waals surface area (Å²) in [5.41, 5.74) is 8.09. The lowest BCUT2D eigenvalue weighted by Crippen LogP contribution is -2.15. The van der Waals surface area contributed by atoms with Gasteiger partial charge in [-0.2, -0.15) is 0 Å². The van der Waals surface area contributed by atoms with E-state index in [1.165, 1.54) is 5.56 Å². The van der Waals surface area contributed by atoms with Crippen molar-refractivity contribution in [2.24, 2.45) is 5.73 Å². The van der Waals surface area contributed by atoms with Crippen molar-refractivity contribution in [3.8, 4) is 5.75 Å². The number of nitrogens with two attached hydrogens (primary N) is 1. The molecule has 4 heteroatoms. The van der Waals surface area contributed by atoms with E-state index in [2.05, 4.69) is 33.0 Å². The SMILES string of the molecule is CC(N)CCc1ccc(OCc2cncc(Br)c2)cc1. The maximum absolute atomic E-state index is 5.76. The van der Waals surface area contributed by atoms with Crippen LogP contribution in [-0.4, -0.2) is 11.0 Å². The largest absolute Gasteiger partial charge is 0.489 e. The van der Waals surface area contributed by atoms with Gasteiger partial charge in [0.25, 0.3) is 0 Å². The van der Waals surface area contributed by atoms with Crippen LogP contribution in [-0.2, 0) is 13.0 Å². The number of ether oxygens (including phenoxy) is 1. The van der Waals surface area contributed by atoms with E-state index < -0.39 is 0 Å². The number of nitrogens with zero attached hydrogens (tertiary/aromatic N) is 1. The summed E-state index contributed by atoms with van der Waals surface area (Å²) >= 11 is 3.40. The minimum Gasteiger partial charge on any atom is -0.489 e. The minimum atomic E-state index is 0.245. The maximum atomic E-state index is 5.76. The highest BCUT2D eigenvalue weighted by Gasteiger charge is 2.00. The molecule has 0 fully saturated rings. The molecule has 3 nitrogen and oxygen atoms in total. The quantitative estimate of drug-likeness (QED) is 0.876. The van der Waals surface area contributed by atoms with Crippen LogP contribution in [0, 0.1) is 0 Å². The summed E-state index contributed by atoms with van der Waals surface area (Å²) < 4.78 is 6.70.